The van der Waals surface area contributed by atoms with E-state index in [1.807, 2.05) is 24.4 Å². The van der Waals surface area contributed by atoms with E-state index in [0.717, 1.165) is 24.5 Å². The van der Waals surface area contributed by atoms with E-state index >= 15 is 0 Å². The van der Waals surface area contributed by atoms with E-state index in [2.05, 4.69) is 28.5 Å². The third kappa shape index (κ3) is 3.40. The lowest BCUT2D eigenvalue weighted by atomic mass is 10.1. The van der Waals surface area contributed by atoms with Gasteiger partial charge in [-0.15, -0.1) is 0 Å². The zero-order chi connectivity index (χ0) is 11.2. The highest BCUT2D eigenvalue weighted by Crippen LogP contribution is 2.09. The summed E-state index contributed by atoms with van der Waals surface area (Å²) in [5, 5.41) is 4.18. The van der Waals surface area contributed by atoms with E-state index < -0.39 is 0 Å². The van der Waals surface area contributed by atoms with Gasteiger partial charge in [-0.25, -0.2) is 0 Å². The van der Waals surface area contributed by atoms with E-state index in [1.54, 1.807) is 0 Å². The van der Waals surface area contributed by atoms with Gasteiger partial charge in [-0.05, 0) is 42.8 Å². The average Bonchev–Trinajstić information content (AvgIpc) is 2.80. The quantitative estimate of drug-likeness (QED) is 0.765. The maximum absolute atomic E-state index is 5.82. The van der Waals surface area contributed by atoms with Gasteiger partial charge in [0.05, 0.1) is 0 Å². The monoisotopic (exact) mass is 234 g/mol. The van der Waals surface area contributed by atoms with Crippen LogP contribution in [0.15, 0.2) is 42.6 Å². The molecule has 0 aliphatic carbocycles. The van der Waals surface area contributed by atoms with Crippen molar-refractivity contribution in [2.75, 3.05) is 6.54 Å². The summed E-state index contributed by atoms with van der Waals surface area (Å²) in [5.74, 6) is 0. The molecule has 0 unspecified atom stereocenters. The second-order valence-corrected chi connectivity index (χ2v) is 4.19. The normalized spacial score (nSPS) is 10.6. The average molecular weight is 235 g/mol. The Labute approximate surface area is 101 Å². The van der Waals surface area contributed by atoms with Crippen LogP contribution in [0.1, 0.15) is 11.3 Å². The fourth-order valence-electron chi connectivity index (χ4n) is 1.58. The smallest absolute Gasteiger partial charge is 0.0406 e. The van der Waals surface area contributed by atoms with E-state index in [0.29, 0.717) is 0 Å². The molecule has 2 nitrogen and oxygen atoms in total. The van der Waals surface area contributed by atoms with Crippen LogP contribution in [0, 0.1) is 0 Å². The summed E-state index contributed by atoms with van der Waals surface area (Å²) in [6.45, 7) is 1.86. The van der Waals surface area contributed by atoms with Crippen LogP contribution in [0.3, 0.4) is 0 Å². The highest BCUT2D eigenvalue weighted by Gasteiger charge is 1.94. The molecule has 0 radical (unpaired) electrons. The van der Waals surface area contributed by atoms with Gasteiger partial charge in [-0.1, -0.05) is 23.7 Å². The summed E-state index contributed by atoms with van der Waals surface area (Å²) in [7, 11) is 0. The summed E-state index contributed by atoms with van der Waals surface area (Å²) in [5.41, 5.74) is 2.53. The Bertz CT molecular complexity index is 406. The van der Waals surface area contributed by atoms with E-state index in [4.69, 9.17) is 11.6 Å². The highest BCUT2D eigenvalue weighted by atomic mass is 35.5. The van der Waals surface area contributed by atoms with Gasteiger partial charge in [0, 0.05) is 23.5 Å². The SMILES string of the molecule is Clc1ccc(CCNCc2ccc[nH]2)cc1. The second kappa shape index (κ2) is 5.73. The van der Waals surface area contributed by atoms with Crippen LogP contribution in [0.2, 0.25) is 5.02 Å². The largest absolute Gasteiger partial charge is 0.364 e. The highest BCUT2D eigenvalue weighted by molar-refractivity contribution is 6.30. The molecule has 2 N–H and O–H groups in total. The lowest BCUT2D eigenvalue weighted by Crippen LogP contribution is -2.16. The van der Waals surface area contributed by atoms with E-state index in [1.165, 1.54) is 11.3 Å². The molecule has 2 aromatic rings. The van der Waals surface area contributed by atoms with Crippen LogP contribution >= 0.6 is 11.6 Å². The van der Waals surface area contributed by atoms with Crippen molar-refractivity contribution in [2.24, 2.45) is 0 Å². The van der Waals surface area contributed by atoms with Gasteiger partial charge in [-0.2, -0.15) is 0 Å². The lowest BCUT2D eigenvalue weighted by molar-refractivity contribution is 0.677. The molecule has 0 amide bonds. The third-order valence-corrected chi connectivity index (χ3v) is 2.73. The summed E-state index contributed by atoms with van der Waals surface area (Å²) in [6, 6.07) is 12.1. The molecule has 16 heavy (non-hydrogen) atoms. The second-order valence-electron chi connectivity index (χ2n) is 3.75. The van der Waals surface area contributed by atoms with Gasteiger partial charge in [0.2, 0.25) is 0 Å². The number of benzene rings is 1. The van der Waals surface area contributed by atoms with Crippen LogP contribution in [-0.4, -0.2) is 11.5 Å². The summed E-state index contributed by atoms with van der Waals surface area (Å²) in [6.07, 6.45) is 2.97. The Morgan fingerprint density at radius 1 is 1.12 bits per heavy atom. The Morgan fingerprint density at radius 2 is 1.94 bits per heavy atom. The number of hydrogen-bond donors (Lipinski definition) is 2. The number of hydrogen-bond acceptors (Lipinski definition) is 1. The maximum Gasteiger partial charge on any atom is 0.0406 e. The maximum atomic E-state index is 5.82. The summed E-state index contributed by atoms with van der Waals surface area (Å²) < 4.78 is 0. The minimum Gasteiger partial charge on any atom is -0.364 e. The predicted molar refractivity (Wildman–Crippen MR) is 67.7 cm³/mol. The van der Waals surface area contributed by atoms with Crippen LogP contribution in [0.5, 0.6) is 0 Å². The number of nitrogens with one attached hydrogen (secondary N) is 2. The molecule has 0 bridgehead atoms. The fourth-order valence-corrected chi connectivity index (χ4v) is 1.71. The van der Waals surface area contributed by atoms with Gasteiger partial charge < -0.3 is 10.3 Å². The molecular weight excluding hydrogens is 220 g/mol. The first-order valence-electron chi connectivity index (χ1n) is 5.42. The van der Waals surface area contributed by atoms with Gasteiger partial charge in [-0.3, -0.25) is 0 Å². The standard InChI is InChI=1S/C13H15ClN2/c14-12-5-3-11(4-6-12)7-9-15-10-13-2-1-8-16-13/h1-6,8,15-16H,7,9-10H2. The molecule has 1 aromatic carbocycles. The van der Waals surface area contributed by atoms with Crippen LogP contribution in [0.4, 0.5) is 0 Å². The molecule has 84 valence electrons. The zero-order valence-electron chi connectivity index (χ0n) is 9.04. The molecule has 1 aromatic heterocycles. The molecule has 0 aliphatic rings. The van der Waals surface area contributed by atoms with Crippen molar-refractivity contribution in [2.45, 2.75) is 13.0 Å². The first kappa shape index (κ1) is 11.2. The Kier molecular flexibility index (Phi) is 4.03. The number of aromatic amines is 1. The Hall–Kier alpha value is -1.25. The minimum absolute atomic E-state index is 0.795. The predicted octanol–water partition coefficient (Wildman–Crippen LogP) is 3.00. The van der Waals surface area contributed by atoms with Crippen molar-refractivity contribution in [3.63, 3.8) is 0 Å². The number of halogens is 1. The first-order chi connectivity index (χ1) is 7.84. The number of H-pyrrole nitrogens is 1. The fraction of sp³-hybridized carbons (Fsp3) is 0.231. The third-order valence-electron chi connectivity index (χ3n) is 2.48. The minimum atomic E-state index is 0.795. The van der Waals surface area contributed by atoms with Gasteiger partial charge >= 0.3 is 0 Å². The van der Waals surface area contributed by atoms with Crippen molar-refractivity contribution in [3.8, 4) is 0 Å². The zero-order valence-corrected chi connectivity index (χ0v) is 9.80. The van der Waals surface area contributed by atoms with Crippen LogP contribution < -0.4 is 5.32 Å². The van der Waals surface area contributed by atoms with Gasteiger partial charge in [0.1, 0.15) is 0 Å². The number of aromatic nitrogens is 1. The Morgan fingerprint density at radius 3 is 2.62 bits per heavy atom. The molecule has 0 aliphatic heterocycles. The molecule has 0 spiro atoms. The van der Waals surface area contributed by atoms with Crippen molar-refractivity contribution >= 4 is 11.6 Å². The van der Waals surface area contributed by atoms with Gasteiger partial charge in [0.15, 0.2) is 0 Å². The Balaban J connectivity index is 1.70. The van der Waals surface area contributed by atoms with Gasteiger partial charge in [0.25, 0.3) is 0 Å². The van der Waals surface area contributed by atoms with Crippen molar-refractivity contribution in [1.82, 2.24) is 10.3 Å². The molecule has 0 saturated carbocycles. The van der Waals surface area contributed by atoms with Crippen molar-refractivity contribution in [1.29, 1.82) is 0 Å². The summed E-state index contributed by atoms with van der Waals surface area (Å²) >= 11 is 5.82. The molecule has 3 heteroatoms. The van der Waals surface area contributed by atoms with Crippen molar-refractivity contribution in [3.05, 3.63) is 58.9 Å². The van der Waals surface area contributed by atoms with E-state index in [9.17, 15) is 0 Å². The molecule has 1 heterocycles. The van der Waals surface area contributed by atoms with Crippen LogP contribution in [0.25, 0.3) is 0 Å². The first-order valence-corrected chi connectivity index (χ1v) is 5.80. The van der Waals surface area contributed by atoms with Crippen LogP contribution in [-0.2, 0) is 13.0 Å². The topological polar surface area (TPSA) is 27.8 Å². The van der Waals surface area contributed by atoms with Crippen molar-refractivity contribution < 1.29 is 0 Å². The molecule has 0 atom stereocenters. The lowest BCUT2D eigenvalue weighted by Gasteiger charge is -2.03. The molecule has 0 fully saturated rings. The molecule has 0 saturated heterocycles. The van der Waals surface area contributed by atoms with E-state index in [-0.39, 0.29) is 0 Å². The summed E-state index contributed by atoms with van der Waals surface area (Å²) in [4.78, 5) is 3.16. The number of rotatable bonds is 5. The molecular formula is C13H15ClN2. The molecule has 2 rings (SSSR count).